The zero-order valence-electron chi connectivity index (χ0n) is 32.1. The van der Waals surface area contributed by atoms with E-state index in [1.165, 1.54) is 92.6 Å². The molecule has 11 rings (SSSR count). The summed E-state index contributed by atoms with van der Waals surface area (Å²) >= 11 is 1.87. The molecule has 0 saturated carbocycles. The molecule has 0 atom stereocenters. The van der Waals surface area contributed by atoms with Crippen molar-refractivity contribution in [2.24, 2.45) is 0 Å². The quantitative estimate of drug-likeness (QED) is 0.170. The summed E-state index contributed by atoms with van der Waals surface area (Å²) in [5, 5.41) is 2.67. The van der Waals surface area contributed by atoms with Crippen molar-refractivity contribution >= 4 is 48.6 Å². The molecule has 2 aliphatic rings. The second-order valence-corrected chi connectivity index (χ2v) is 17.7. The van der Waals surface area contributed by atoms with Crippen molar-refractivity contribution in [3.05, 3.63) is 198 Å². The van der Waals surface area contributed by atoms with Crippen LogP contribution in [-0.4, -0.2) is 0 Å². The van der Waals surface area contributed by atoms with E-state index in [-0.39, 0.29) is 10.8 Å². The molecule has 0 unspecified atom stereocenters. The fraction of sp³-hybridized carbons (Fsp3) is 0.111. The topological polar surface area (TPSA) is 3.24 Å². The molecule has 0 fully saturated rings. The molecule has 56 heavy (non-hydrogen) atoms. The third-order valence-corrected chi connectivity index (χ3v) is 13.8. The molecule has 0 radical (unpaired) electrons. The van der Waals surface area contributed by atoms with E-state index in [4.69, 9.17) is 0 Å². The average molecular weight is 736 g/mol. The van der Waals surface area contributed by atoms with Gasteiger partial charge in [-0.1, -0.05) is 137 Å². The summed E-state index contributed by atoms with van der Waals surface area (Å²) in [4.78, 5) is 2.41. The van der Waals surface area contributed by atoms with E-state index in [0.717, 1.165) is 11.4 Å². The summed E-state index contributed by atoms with van der Waals surface area (Å²) in [5.74, 6) is 0. The van der Waals surface area contributed by atoms with E-state index >= 15 is 0 Å². The fourth-order valence-electron chi connectivity index (χ4n) is 9.65. The van der Waals surface area contributed by atoms with Crippen LogP contribution in [0.15, 0.2) is 176 Å². The summed E-state index contributed by atoms with van der Waals surface area (Å²) in [6.45, 7) is 9.60. The number of para-hydroxylation sites is 1. The van der Waals surface area contributed by atoms with E-state index in [0.29, 0.717) is 0 Å². The van der Waals surface area contributed by atoms with Crippen LogP contribution in [0.5, 0.6) is 0 Å². The highest BCUT2D eigenvalue weighted by Gasteiger charge is 2.42. The molecule has 0 spiro atoms. The number of hydrogen-bond donors (Lipinski definition) is 0. The monoisotopic (exact) mass is 735 g/mol. The molecule has 0 bridgehead atoms. The van der Waals surface area contributed by atoms with Crippen molar-refractivity contribution in [1.29, 1.82) is 0 Å². The van der Waals surface area contributed by atoms with Gasteiger partial charge in [0.2, 0.25) is 0 Å². The smallest absolute Gasteiger partial charge is 0.0465 e. The van der Waals surface area contributed by atoms with Crippen molar-refractivity contribution in [2.45, 2.75) is 38.5 Å². The first-order chi connectivity index (χ1) is 27.3. The molecule has 8 aromatic carbocycles. The molecular weight excluding hydrogens is 695 g/mol. The highest BCUT2D eigenvalue weighted by molar-refractivity contribution is 7.25. The first kappa shape index (κ1) is 33.1. The standard InChI is InChI=1S/C54H41NS/c1-53(2)47-28-22-36(34-13-7-5-8-14-34)29-44(47)46-33-49-45(32-50(46)53)41-27-25-40(31-48(41)54(49,3)4)55(38-15-9-6-10-16-38)39-23-19-35(20-24-39)37-21-26-43-42-17-11-12-18-51(42)56-52(43)30-37/h5-33H,1-4H3. The maximum Gasteiger partial charge on any atom is 0.0465 e. The number of hydrogen-bond acceptors (Lipinski definition) is 2. The Bertz CT molecular complexity index is 3000. The molecule has 0 saturated heterocycles. The molecular formula is C54H41NS. The zero-order valence-corrected chi connectivity index (χ0v) is 32.9. The highest BCUT2D eigenvalue weighted by Crippen LogP contribution is 2.57. The second kappa shape index (κ2) is 12.1. The van der Waals surface area contributed by atoms with Crippen LogP contribution in [0.3, 0.4) is 0 Å². The Hall–Kier alpha value is -6.22. The predicted molar refractivity (Wildman–Crippen MR) is 240 cm³/mol. The number of thiophene rings is 1. The molecule has 268 valence electrons. The number of benzene rings is 8. The van der Waals surface area contributed by atoms with Crippen LogP contribution < -0.4 is 4.90 Å². The van der Waals surface area contributed by atoms with Crippen LogP contribution in [0.2, 0.25) is 0 Å². The first-order valence-electron chi connectivity index (χ1n) is 19.7. The van der Waals surface area contributed by atoms with Crippen LogP contribution in [0.1, 0.15) is 49.9 Å². The minimum atomic E-state index is -0.170. The van der Waals surface area contributed by atoms with Gasteiger partial charge in [0.15, 0.2) is 0 Å². The van der Waals surface area contributed by atoms with Gasteiger partial charge in [-0.05, 0) is 133 Å². The van der Waals surface area contributed by atoms with Crippen LogP contribution in [0.25, 0.3) is 64.7 Å². The Labute approximate surface area is 333 Å². The summed E-state index contributed by atoms with van der Waals surface area (Å²) in [7, 11) is 0. The summed E-state index contributed by atoms with van der Waals surface area (Å²) in [5.41, 5.74) is 19.3. The molecule has 0 aliphatic heterocycles. The van der Waals surface area contributed by atoms with Gasteiger partial charge >= 0.3 is 0 Å². The van der Waals surface area contributed by atoms with Gasteiger partial charge in [0.25, 0.3) is 0 Å². The van der Waals surface area contributed by atoms with E-state index in [1.807, 2.05) is 11.3 Å². The fourth-order valence-corrected chi connectivity index (χ4v) is 10.8. The molecule has 1 heterocycles. The zero-order chi connectivity index (χ0) is 37.8. The Morgan fingerprint density at radius 1 is 0.339 bits per heavy atom. The molecule has 0 amide bonds. The Morgan fingerprint density at radius 3 is 1.62 bits per heavy atom. The minimum absolute atomic E-state index is 0.0817. The molecule has 2 aliphatic carbocycles. The minimum Gasteiger partial charge on any atom is -0.310 e. The van der Waals surface area contributed by atoms with E-state index in [2.05, 4.69) is 209 Å². The highest BCUT2D eigenvalue weighted by atomic mass is 32.1. The van der Waals surface area contributed by atoms with Crippen LogP contribution in [0, 0.1) is 0 Å². The lowest BCUT2D eigenvalue weighted by molar-refractivity contribution is 0.652. The van der Waals surface area contributed by atoms with E-state index < -0.39 is 0 Å². The van der Waals surface area contributed by atoms with Crippen molar-refractivity contribution < 1.29 is 0 Å². The van der Waals surface area contributed by atoms with E-state index in [9.17, 15) is 0 Å². The lowest BCUT2D eigenvalue weighted by Gasteiger charge is -2.28. The second-order valence-electron chi connectivity index (χ2n) is 16.6. The van der Waals surface area contributed by atoms with Crippen LogP contribution in [0.4, 0.5) is 17.1 Å². The average Bonchev–Trinajstić information content (AvgIpc) is 3.80. The molecule has 0 N–H and O–H groups in total. The van der Waals surface area contributed by atoms with Gasteiger partial charge in [0.05, 0.1) is 0 Å². The number of rotatable bonds is 5. The molecule has 9 aromatic rings. The third-order valence-electron chi connectivity index (χ3n) is 12.7. The summed E-state index contributed by atoms with van der Waals surface area (Å²) in [6, 6.07) is 65.5. The van der Waals surface area contributed by atoms with Crippen molar-refractivity contribution in [2.75, 3.05) is 4.90 Å². The predicted octanol–water partition coefficient (Wildman–Crippen LogP) is 15.5. The van der Waals surface area contributed by atoms with Crippen molar-refractivity contribution in [1.82, 2.24) is 0 Å². The summed E-state index contributed by atoms with van der Waals surface area (Å²) in [6.07, 6.45) is 0. The van der Waals surface area contributed by atoms with Gasteiger partial charge in [-0.25, -0.2) is 0 Å². The van der Waals surface area contributed by atoms with Gasteiger partial charge in [-0.2, -0.15) is 0 Å². The van der Waals surface area contributed by atoms with Crippen molar-refractivity contribution in [3.8, 4) is 44.5 Å². The van der Waals surface area contributed by atoms with Gasteiger partial charge in [0, 0.05) is 48.1 Å². The van der Waals surface area contributed by atoms with Crippen LogP contribution in [-0.2, 0) is 10.8 Å². The van der Waals surface area contributed by atoms with Gasteiger partial charge < -0.3 is 4.90 Å². The largest absolute Gasteiger partial charge is 0.310 e. The first-order valence-corrected chi connectivity index (χ1v) is 20.5. The van der Waals surface area contributed by atoms with E-state index in [1.54, 1.807) is 0 Å². The maximum atomic E-state index is 2.52. The lowest BCUT2D eigenvalue weighted by atomic mass is 9.79. The lowest BCUT2D eigenvalue weighted by Crippen LogP contribution is -2.17. The van der Waals surface area contributed by atoms with Gasteiger partial charge in [-0.3, -0.25) is 0 Å². The Morgan fingerprint density at radius 2 is 0.857 bits per heavy atom. The van der Waals surface area contributed by atoms with Crippen molar-refractivity contribution in [3.63, 3.8) is 0 Å². The van der Waals surface area contributed by atoms with Crippen LogP contribution >= 0.6 is 11.3 Å². The molecule has 1 nitrogen and oxygen atoms in total. The Kier molecular flexibility index (Phi) is 7.18. The summed E-state index contributed by atoms with van der Waals surface area (Å²) < 4.78 is 2.67. The number of fused-ring (bicyclic) bond motifs is 9. The third kappa shape index (κ3) is 4.92. The number of nitrogens with zero attached hydrogens (tertiary/aromatic N) is 1. The molecule has 1 aromatic heterocycles. The molecule has 2 heteroatoms. The van der Waals surface area contributed by atoms with Gasteiger partial charge in [-0.15, -0.1) is 11.3 Å². The van der Waals surface area contributed by atoms with Gasteiger partial charge in [0.1, 0.15) is 0 Å². The Balaban J connectivity index is 0.983. The maximum absolute atomic E-state index is 2.52. The number of anilines is 3. The normalized spacial score (nSPS) is 14.4. The SMILES string of the molecule is CC1(C)c2ccc(-c3ccccc3)cc2-c2cc3c(cc21)-c1ccc(N(c2ccccc2)c2ccc(-c4ccc5c(c4)sc4ccccc45)cc2)cc1C3(C)C.